The molecular weight excluding hydrogens is 358 g/mol. The Kier molecular flexibility index (Phi) is 5.15. The molecule has 1 aromatic carbocycles. The third-order valence-electron chi connectivity index (χ3n) is 5.19. The second kappa shape index (κ2) is 7.73. The average molecular weight is 383 g/mol. The van der Waals surface area contributed by atoms with Crippen LogP contribution in [0.2, 0.25) is 0 Å². The van der Waals surface area contributed by atoms with Gasteiger partial charge in [0, 0.05) is 57.5 Å². The SMILES string of the molecule is CN(C)c1ccc(NC(=O)c2cc(N3CCC4(CC3)OCCO4)ncn2)cc1. The zero-order valence-corrected chi connectivity index (χ0v) is 16.2. The Morgan fingerprint density at radius 1 is 1.11 bits per heavy atom. The first-order valence-corrected chi connectivity index (χ1v) is 9.48. The van der Waals surface area contributed by atoms with E-state index in [9.17, 15) is 4.79 Å². The van der Waals surface area contributed by atoms with Crippen LogP contribution in [0.5, 0.6) is 0 Å². The molecule has 28 heavy (non-hydrogen) atoms. The fourth-order valence-corrected chi connectivity index (χ4v) is 3.54. The van der Waals surface area contributed by atoms with Crippen molar-refractivity contribution < 1.29 is 14.3 Å². The molecule has 2 aromatic rings. The van der Waals surface area contributed by atoms with Gasteiger partial charge < -0.3 is 24.6 Å². The summed E-state index contributed by atoms with van der Waals surface area (Å²) in [6.07, 6.45) is 3.01. The maximum atomic E-state index is 12.6. The topological polar surface area (TPSA) is 79.8 Å². The molecule has 0 aliphatic carbocycles. The minimum Gasteiger partial charge on any atom is -0.378 e. The lowest BCUT2D eigenvalue weighted by atomic mass is 10.0. The molecule has 4 rings (SSSR count). The second-order valence-electron chi connectivity index (χ2n) is 7.25. The predicted octanol–water partition coefficient (Wildman–Crippen LogP) is 2.14. The minimum absolute atomic E-state index is 0.253. The smallest absolute Gasteiger partial charge is 0.274 e. The number of rotatable bonds is 4. The van der Waals surface area contributed by atoms with Crippen molar-refractivity contribution in [2.45, 2.75) is 18.6 Å². The van der Waals surface area contributed by atoms with Crippen LogP contribution < -0.4 is 15.1 Å². The number of nitrogens with zero attached hydrogens (tertiary/aromatic N) is 4. The van der Waals surface area contributed by atoms with Gasteiger partial charge in [-0.25, -0.2) is 9.97 Å². The number of hydrogen-bond donors (Lipinski definition) is 1. The van der Waals surface area contributed by atoms with Crippen LogP contribution in [0.4, 0.5) is 17.2 Å². The first-order valence-electron chi connectivity index (χ1n) is 9.48. The quantitative estimate of drug-likeness (QED) is 0.866. The summed E-state index contributed by atoms with van der Waals surface area (Å²) in [7, 11) is 3.95. The number of carbonyl (C=O) groups is 1. The number of hydrogen-bond acceptors (Lipinski definition) is 7. The molecule has 0 bridgehead atoms. The summed E-state index contributed by atoms with van der Waals surface area (Å²) in [4.78, 5) is 25.2. The molecule has 0 unspecified atom stereocenters. The highest BCUT2D eigenvalue weighted by Gasteiger charge is 2.40. The Bertz CT molecular complexity index is 824. The molecular formula is C20H25N5O3. The average Bonchev–Trinajstić information content (AvgIpc) is 3.17. The Morgan fingerprint density at radius 2 is 1.79 bits per heavy atom. The van der Waals surface area contributed by atoms with Gasteiger partial charge in [0.2, 0.25) is 0 Å². The molecule has 3 heterocycles. The molecule has 2 fully saturated rings. The molecule has 0 saturated carbocycles. The third-order valence-corrected chi connectivity index (χ3v) is 5.19. The molecule has 0 radical (unpaired) electrons. The van der Waals surface area contributed by atoms with E-state index in [0.717, 1.165) is 43.1 Å². The summed E-state index contributed by atoms with van der Waals surface area (Å²) in [6.45, 7) is 2.86. The van der Waals surface area contributed by atoms with E-state index in [1.807, 2.05) is 43.3 Å². The molecule has 2 aliphatic heterocycles. The van der Waals surface area contributed by atoms with Gasteiger partial charge in [-0.3, -0.25) is 4.79 Å². The van der Waals surface area contributed by atoms with Crippen molar-refractivity contribution in [1.29, 1.82) is 0 Å². The molecule has 2 aliphatic rings. The Morgan fingerprint density at radius 3 is 2.43 bits per heavy atom. The van der Waals surface area contributed by atoms with E-state index in [-0.39, 0.29) is 5.91 Å². The number of benzene rings is 1. The van der Waals surface area contributed by atoms with Crippen molar-refractivity contribution in [1.82, 2.24) is 9.97 Å². The summed E-state index contributed by atoms with van der Waals surface area (Å²) < 4.78 is 11.5. The highest BCUT2D eigenvalue weighted by atomic mass is 16.7. The van der Waals surface area contributed by atoms with Gasteiger partial charge in [-0.05, 0) is 24.3 Å². The molecule has 0 atom stereocenters. The fraction of sp³-hybridized carbons (Fsp3) is 0.450. The zero-order valence-electron chi connectivity index (χ0n) is 16.2. The number of amides is 1. The van der Waals surface area contributed by atoms with Gasteiger partial charge in [0.1, 0.15) is 17.8 Å². The molecule has 148 valence electrons. The van der Waals surface area contributed by atoms with Gasteiger partial charge in [0.15, 0.2) is 5.79 Å². The van der Waals surface area contributed by atoms with Gasteiger partial charge in [-0.15, -0.1) is 0 Å². The van der Waals surface area contributed by atoms with Gasteiger partial charge in [0.25, 0.3) is 5.91 Å². The Labute approximate surface area is 164 Å². The Hall–Kier alpha value is -2.71. The van der Waals surface area contributed by atoms with Gasteiger partial charge in [-0.2, -0.15) is 0 Å². The molecule has 2 saturated heterocycles. The van der Waals surface area contributed by atoms with Crippen LogP contribution in [0.25, 0.3) is 0 Å². The maximum absolute atomic E-state index is 12.6. The van der Waals surface area contributed by atoms with Crippen LogP contribution in [-0.2, 0) is 9.47 Å². The van der Waals surface area contributed by atoms with E-state index in [4.69, 9.17) is 9.47 Å². The van der Waals surface area contributed by atoms with Crippen LogP contribution in [0.15, 0.2) is 36.7 Å². The largest absolute Gasteiger partial charge is 0.378 e. The van der Waals surface area contributed by atoms with E-state index in [0.29, 0.717) is 18.9 Å². The predicted molar refractivity (Wildman–Crippen MR) is 107 cm³/mol. The molecule has 1 N–H and O–H groups in total. The molecule has 1 amide bonds. The third kappa shape index (κ3) is 3.93. The van der Waals surface area contributed by atoms with Crippen molar-refractivity contribution in [2.75, 3.05) is 55.5 Å². The first-order chi connectivity index (χ1) is 13.5. The number of anilines is 3. The zero-order chi connectivity index (χ0) is 19.6. The van der Waals surface area contributed by atoms with Crippen LogP contribution >= 0.6 is 0 Å². The second-order valence-corrected chi connectivity index (χ2v) is 7.25. The molecule has 8 heteroatoms. The van der Waals surface area contributed by atoms with E-state index < -0.39 is 5.79 Å². The summed E-state index contributed by atoms with van der Waals surface area (Å²) in [5.41, 5.74) is 2.14. The fourth-order valence-electron chi connectivity index (χ4n) is 3.54. The van der Waals surface area contributed by atoms with Crippen LogP contribution in [-0.4, -0.2) is 62.1 Å². The number of aromatic nitrogens is 2. The lowest BCUT2D eigenvalue weighted by molar-refractivity contribution is -0.169. The molecule has 1 aromatic heterocycles. The Balaban J connectivity index is 1.41. The van der Waals surface area contributed by atoms with Crippen molar-refractivity contribution in [3.63, 3.8) is 0 Å². The highest BCUT2D eigenvalue weighted by molar-refractivity contribution is 6.03. The minimum atomic E-state index is -0.428. The number of nitrogens with one attached hydrogen (secondary N) is 1. The van der Waals surface area contributed by atoms with Crippen molar-refractivity contribution in [3.8, 4) is 0 Å². The number of ether oxygens (including phenoxy) is 2. The van der Waals surface area contributed by atoms with E-state index in [1.165, 1.54) is 6.33 Å². The monoisotopic (exact) mass is 383 g/mol. The lowest BCUT2D eigenvalue weighted by Crippen LogP contribution is -2.45. The summed E-state index contributed by atoms with van der Waals surface area (Å²) in [5.74, 6) is 0.0655. The number of carbonyl (C=O) groups excluding carboxylic acids is 1. The van der Waals surface area contributed by atoms with Gasteiger partial charge in [0.05, 0.1) is 13.2 Å². The standard InChI is InChI=1S/C20H25N5O3/c1-24(2)16-5-3-15(4-6-16)23-19(26)17-13-18(22-14-21-17)25-9-7-20(8-10-25)27-11-12-28-20/h3-6,13-14H,7-12H2,1-2H3,(H,23,26). The number of piperidine rings is 1. The normalized spacial score (nSPS) is 18.3. The first kappa shape index (κ1) is 18.6. The maximum Gasteiger partial charge on any atom is 0.274 e. The van der Waals surface area contributed by atoms with Crippen molar-refractivity contribution >= 4 is 23.1 Å². The van der Waals surface area contributed by atoms with Crippen LogP contribution in [0.1, 0.15) is 23.3 Å². The summed E-state index contributed by atoms with van der Waals surface area (Å²) in [5, 5.41) is 2.89. The van der Waals surface area contributed by atoms with Crippen molar-refractivity contribution in [3.05, 3.63) is 42.4 Å². The summed E-state index contributed by atoms with van der Waals surface area (Å²) >= 11 is 0. The van der Waals surface area contributed by atoms with Crippen LogP contribution in [0.3, 0.4) is 0 Å². The lowest BCUT2D eigenvalue weighted by Gasteiger charge is -2.38. The molecule has 8 nitrogen and oxygen atoms in total. The van der Waals surface area contributed by atoms with Gasteiger partial charge >= 0.3 is 0 Å². The van der Waals surface area contributed by atoms with E-state index >= 15 is 0 Å². The van der Waals surface area contributed by atoms with E-state index in [2.05, 4.69) is 20.2 Å². The summed E-state index contributed by atoms with van der Waals surface area (Å²) in [6, 6.07) is 9.40. The van der Waals surface area contributed by atoms with Crippen LogP contribution in [0, 0.1) is 0 Å². The van der Waals surface area contributed by atoms with Crippen molar-refractivity contribution in [2.24, 2.45) is 0 Å². The highest BCUT2D eigenvalue weighted by Crippen LogP contribution is 2.32. The van der Waals surface area contributed by atoms with Gasteiger partial charge in [-0.1, -0.05) is 0 Å². The molecule has 1 spiro atoms. The van der Waals surface area contributed by atoms with E-state index in [1.54, 1.807) is 6.07 Å².